The lowest BCUT2D eigenvalue weighted by molar-refractivity contribution is 0.135. The van der Waals surface area contributed by atoms with Gasteiger partial charge < -0.3 is 5.32 Å². The molecule has 2 heteroatoms. The van der Waals surface area contributed by atoms with Gasteiger partial charge in [-0.05, 0) is 12.8 Å². The minimum Gasteiger partial charge on any atom is -0.309 e. The number of hydrogen-bond acceptors (Lipinski definition) is 1. The summed E-state index contributed by atoms with van der Waals surface area (Å²) in [7, 11) is 0. The van der Waals surface area contributed by atoms with E-state index in [0.717, 1.165) is 12.8 Å². The van der Waals surface area contributed by atoms with Crippen molar-refractivity contribution in [2.24, 2.45) is 0 Å². The molecule has 2 atom stereocenters. The van der Waals surface area contributed by atoms with E-state index in [1.165, 1.54) is 0 Å². The third kappa shape index (κ3) is 1.65. The van der Waals surface area contributed by atoms with Gasteiger partial charge in [0.25, 0.3) is 0 Å². The molecule has 1 rings (SSSR count). The van der Waals surface area contributed by atoms with Gasteiger partial charge in [0.15, 0.2) is 0 Å². The number of halogens is 1. The molecular formula is C7H14FN. The lowest BCUT2D eigenvalue weighted by atomic mass is 9.90. The van der Waals surface area contributed by atoms with E-state index in [1.807, 2.05) is 13.8 Å². The molecule has 1 N–H and O–H groups in total. The zero-order chi connectivity index (χ0) is 6.85. The molecule has 9 heavy (non-hydrogen) atoms. The van der Waals surface area contributed by atoms with Crippen LogP contribution < -0.4 is 5.32 Å². The molecule has 1 fully saturated rings. The first kappa shape index (κ1) is 7.00. The fourth-order valence-corrected chi connectivity index (χ4v) is 1.08. The average molecular weight is 131 g/mol. The fraction of sp³-hybridized carbons (Fsp3) is 1.00. The molecule has 0 aromatic carbocycles. The molecule has 0 heterocycles. The summed E-state index contributed by atoms with van der Waals surface area (Å²) in [5.74, 6) is 0. The SMILES string of the molecule is CC(C)N[C@H]1CC[C@@H]1F. The summed E-state index contributed by atoms with van der Waals surface area (Å²) >= 11 is 0. The van der Waals surface area contributed by atoms with Gasteiger partial charge >= 0.3 is 0 Å². The van der Waals surface area contributed by atoms with Crippen LogP contribution >= 0.6 is 0 Å². The molecule has 54 valence electrons. The Bertz CT molecular complexity index is 92.9. The van der Waals surface area contributed by atoms with Crippen LogP contribution in [0.5, 0.6) is 0 Å². The summed E-state index contributed by atoms with van der Waals surface area (Å²) in [4.78, 5) is 0. The van der Waals surface area contributed by atoms with Gasteiger partial charge in [-0.3, -0.25) is 0 Å². The number of alkyl halides is 1. The Hall–Kier alpha value is -0.110. The topological polar surface area (TPSA) is 12.0 Å². The van der Waals surface area contributed by atoms with E-state index in [4.69, 9.17) is 0 Å². The Morgan fingerprint density at radius 1 is 1.44 bits per heavy atom. The Morgan fingerprint density at radius 3 is 2.22 bits per heavy atom. The Balaban J connectivity index is 2.13. The lowest BCUT2D eigenvalue weighted by Gasteiger charge is -2.32. The van der Waals surface area contributed by atoms with Gasteiger partial charge in [-0.25, -0.2) is 4.39 Å². The minimum atomic E-state index is -0.576. The van der Waals surface area contributed by atoms with Gasteiger partial charge in [0, 0.05) is 12.1 Å². The third-order valence-corrected chi connectivity index (χ3v) is 1.74. The molecule has 0 bridgehead atoms. The van der Waals surface area contributed by atoms with Crippen molar-refractivity contribution in [1.29, 1.82) is 0 Å². The first-order valence-corrected chi connectivity index (χ1v) is 3.60. The minimum absolute atomic E-state index is 0.157. The predicted octanol–water partition coefficient (Wildman–Crippen LogP) is 1.48. The second kappa shape index (κ2) is 2.65. The first-order valence-electron chi connectivity index (χ1n) is 3.60. The van der Waals surface area contributed by atoms with E-state index >= 15 is 0 Å². The Kier molecular flexibility index (Phi) is 2.06. The van der Waals surface area contributed by atoms with Gasteiger partial charge in [0.2, 0.25) is 0 Å². The van der Waals surface area contributed by atoms with Gasteiger partial charge in [0.05, 0.1) is 0 Å². The standard InChI is InChI=1S/C7H14FN/c1-5(2)9-7-4-3-6(7)8/h5-7,9H,3-4H2,1-2H3/t6-,7-/m0/s1. The van der Waals surface area contributed by atoms with Gasteiger partial charge in [0.1, 0.15) is 6.17 Å². The molecule has 1 saturated carbocycles. The van der Waals surface area contributed by atoms with E-state index in [2.05, 4.69) is 5.32 Å². The number of hydrogen-bond donors (Lipinski definition) is 1. The van der Waals surface area contributed by atoms with E-state index < -0.39 is 6.17 Å². The zero-order valence-corrected chi connectivity index (χ0v) is 6.02. The second-order valence-electron chi connectivity index (χ2n) is 3.02. The molecule has 0 radical (unpaired) electrons. The number of rotatable bonds is 2. The van der Waals surface area contributed by atoms with Crippen molar-refractivity contribution in [2.75, 3.05) is 0 Å². The van der Waals surface area contributed by atoms with Crippen LogP contribution in [0.25, 0.3) is 0 Å². The van der Waals surface area contributed by atoms with Crippen molar-refractivity contribution in [3.8, 4) is 0 Å². The third-order valence-electron chi connectivity index (χ3n) is 1.74. The van der Waals surface area contributed by atoms with Crippen LogP contribution in [0, 0.1) is 0 Å². The Morgan fingerprint density at radius 2 is 2.11 bits per heavy atom. The number of nitrogens with one attached hydrogen (secondary N) is 1. The molecule has 0 aromatic rings. The van der Waals surface area contributed by atoms with E-state index in [9.17, 15) is 4.39 Å². The predicted molar refractivity (Wildman–Crippen MR) is 36.2 cm³/mol. The molecule has 0 saturated heterocycles. The lowest BCUT2D eigenvalue weighted by Crippen LogP contribution is -2.48. The molecule has 0 amide bonds. The maximum absolute atomic E-state index is 12.5. The highest BCUT2D eigenvalue weighted by atomic mass is 19.1. The van der Waals surface area contributed by atoms with Crippen LogP contribution in [0.1, 0.15) is 26.7 Å². The van der Waals surface area contributed by atoms with Crippen molar-refractivity contribution in [3.05, 3.63) is 0 Å². The van der Waals surface area contributed by atoms with Crippen LogP contribution in [-0.4, -0.2) is 18.3 Å². The fourth-order valence-electron chi connectivity index (χ4n) is 1.08. The van der Waals surface area contributed by atoms with Crippen molar-refractivity contribution in [2.45, 2.75) is 44.9 Å². The van der Waals surface area contributed by atoms with Crippen LogP contribution in [0.4, 0.5) is 4.39 Å². The van der Waals surface area contributed by atoms with Crippen LogP contribution in [0.2, 0.25) is 0 Å². The van der Waals surface area contributed by atoms with Crippen LogP contribution in [0.3, 0.4) is 0 Å². The molecule has 0 aromatic heterocycles. The van der Waals surface area contributed by atoms with Crippen molar-refractivity contribution in [1.82, 2.24) is 5.32 Å². The van der Waals surface area contributed by atoms with Crippen molar-refractivity contribution in [3.63, 3.8) is 0 Å². The van der Waals surface area contributed by atoms with Gasteiger partial charge in [-0.2, -0.15) is 0 Å². The summed E-state index contributed by atoms with van der Waals surface area (Å²) in [6, 6.07) is 0.582. The summed E-state index contributed by atoms with van der Waals surface area (Å²) in [5, 5.41) is 3.15. The maximum atomic E-state index is 12.5. The molecule has 1 aliphatic carbocycles. The molecule has 0 unspecified atom stereocenters. The Labute approximate surface area is 55.6 Å². The monoisotopic (exact) mass is 131 g/mol. The smallest absolute Gasteiger partial charge is 0.115 e. The van der Waals surface area contributed by atoms with Gasteiger partial charge in [-0.1, -0.05) is 13.8 Å². The van der Waals surface area contributed by atoms with E-state index in [1.54, 1.807) is 0 Å². The zero-order valence-electron chi connectivity index (χ0n) is 6.02. The highest BCUT2D eigenvalue weighted by Crippen LogP contribution is 2.23. The quantitative estimate of drug-likeness (QED) is 0.598. The van der Waals surface area contributed by atoms with Crippen molar-refractivity contribution >= 4 is 0 Å². The maximum Gasteiger partial charge on any atom is 0.115 e. The molecule has 0 aliphatic heterocycles. The first-order chi connectivity index (χ1) is 4.20. The van der Waals surface area contributed by atoms with E-state index in [-0.39, 0.29) is 6.04 Å². The molecule has 0 spiro atoms. The second-order valence-corrected chi connectivity index (χ2v) is 3.02. The normalized spacial score (nSPS) is 34.7. The highest BCUT2D eigenvalue weighted by molar-refractivity contribution is 4.87. The average Bonchev–Trinajstić information content (AvgIpc) is 1.79. The molecule has 1 nitrogen and oxygen atoms in total. The van der Waals surface area contributed by atoms with E-state index in [0.29, 0.717) is 6.04 Å². The summed E-state index contributed by atoms with van der Waals surface area (Å²) < 4.78 is 12.5. The molecular weight excluding hydrogens is 117 g/mol. The van der Waals surface area contributed by atoms with Crippen molar-refractivity contribution < 1.29 is 4.39 Å². The summed E-state index contributed by atoms with van der Waals surface area (Å²) in [6.07, 6.45) is 1.19. The summed E-state index contributed by atoms with van der Waals surface area (Å²) in [5.41, 5.74) is 0. The highest BCUT2D eigenvalue weighted by Gasteiger charge is 2.30. The molecule has 1 aliphatic rings. The summed E-state index contributed by atoms with van der Waals surface area (Å²) in [6.45, 7) is 4.09. The van der Waals surface area contributed by atoms with Gasteiger partial charge in [-0.15, -0.1) is 0 Å². The van der Waals surface area contributed by atoms with Crippen LogP contribution in [-0.2, 0) is 0 Å². The largest absolute Gasteiger partial charge is 0.309 e. The van der Waals surface area contributed by atoms with Crippen LogP contribution in [0.15, 0.2) is 0 Å².